The van der Waals surface area contributed by atoms with Gasteiger partial charge in [0, 0.05) is 13.0 Å². The molecular weight excluding hydrogens is 312 g/mol. The number of rotatable bonds is 6. The van der Waals surface area contributed by atoms with Crippen molar-refractivity contribution in [2.75, 3.05) is 13.2 Å². The van der Waals surface area contributed by atoms with Crippen LogP contribution >= 0.6 is 34.5 Å². The maximum Gasteiger partial charge on any atom is 0.389 e. The fourth-order valence-corrected chi connectivity index (χ4v) is 2.65. The number of halogens is 5. The summed E-state index contributed by atoms with van der Waals surface area (Å²) in [6, 6.07) is 1.41. The molecule has 1 aromatic rings. The summed E-state index contributed by atoms with van der Waals surface area (Å²) < 4.78 is 40.9. The number of ketones is 1. The SMILES string of the molecule is O=C(COCCCC(F)(F)F)c1cc(Cl)sc1Cl. The first kappa shape index (κ1) is 15.8. The summed E-state index contributed by atoms with van der Waals surface area (Å²) in [5.74, 6) is -0.393. The lowest BCUT2D eigenvalue weighted by molar-refractivity contribution is -0.137. The number of ether oxygens (including phenoxy) is 1. The maximum atomic E-state index is 11.8. The van der Waals surface area contributed by atoms with Crippen molar-refractivity contribution in [3.63, 3.8) is 0 Å². The Labute approximate surface area is 116 Å². The van der Waals surface area contributed by atoms with E-state index < -0.39 is 18.4 Å². The standard InChI is InChI=1S/C10H9Cl2F3O2S/c11-8-4-6(9(12)18-8)7(16)5-17-3-1-2-10(13,14)15/h4H,1-3,5H2. The second-order valence-corrected chi connectivity index (χ2v) is 5.72. The van der Waals surface area contributed by atoms with Gasteiger partial charge in [-0.25, -0.2) is 0 Å². The molecule has 0 spiro atoms. The van der Waals surface area contributed by atoms with Crippen molar-refractivity contribution in [2.24, 2.45) is 0 Å². The molecule has 0 bridgehead atoms. The molecule has 102 valence electrons. The summed E-state index contributed by atoms with van der Waals surface area (Å²) in [6.45, 7) is -0.425. The minimum atomic E-state index is -4.20. The van der Waals surface area contributed by atoms with Gasteiger partial charge < -0.3 is 4.74 Å². The van der Waals surface area contributed by atoms with Gasteiger partial charge in [0.15, 0.2) is 5.78 Å². The number of Topliss-reactive ketones (excluding diaryl/α,β-unsaturated/α-hetero) is 1. The van der Waals surface area contributed by atoms with Crippen LogP contribution in [-0.4, -0.2) is 25.2 Å². The van der Waals surface area contributed by atoms with Gasteiger partial charge in [-0.05, 0) is 12.5 Å². The van der Waals surface area contributed by atoms with E-state index in [1.165, 1.54) is 6.07 Å². The number of alkyl halides is 3. The molecule has 2 nitrogen and oxygen atoms in total. The summed E-state index contributed by atoms with van der Waals surface area (Å²) in [5.41, 5.74) is 0.238. The van der Waals surface area contributed by atoms with Crippen molar-refractivity contribution in [1.29, 1.82) is 0 Å². The highest BCUT2D eigenvalue weighted by molar-refractivity contribution is 7.20. The molecule has 0 radical (unpaired) electrons. The minimum absolute atomic E-state index is 0.124. The Morgan fingerprint density at radius 1 is 1.39 bits per heavy atom. The minimum Gasteiger partial charge on any atom is -0.373 e. The van der Waals surface area contributed by atoms with Crippen LogP contribution in [0.3, 0.4) is 0 Å². The Bertz CT molecular complexity index is 418. The lowest BCUT2D eigenvalue weighted by Crippen LogP contribution is -2.12. The third-order valence-electron chi connectivity index (χ3n) is 1.94. The number of hydrogen-bond donors (Lipinski definition) is 0. The molecule has 0 aliphatic carbocycles. The van der Waals surface area contributed by atoms with Gasteiger partial charge in [0.05, 0.1) is 9.90 Å². The zero-order valence-corrected chi connectivity index (χ0v) is 11.3. The van der Waals surface area contributed by atoms with E-state index in [0.717, 1.165) is 11.3 Å². The van der Waals surface area contributed by atoms with Crippen molar-refractivity contribution in [1.82, 2.24) is 0 Å². The van der Waals surface area contributed by atoms with Crippen LogP contribution in [0.2, 0.25) is 8.67 Å². The molecule has 0 aromatic carbocycles. The fraction of sp³-hybridized carbons (Fsp3) is 0.500. The Hall–Kier alpha value is -0.300. The van der Waals surface area contributed by atoms with E-state index in [1.54, 1.807) is 0 Å². The van der Waals surface area contributed by atoms with Crippen LogP contribution in [0.5, 0.6) is 0 Å². The van der Waals surface area contributed by atoms with E-state index in [4.69, 9.17) is 27.9 Å². The average Bonchev–Trinajstić information content (AvgIpc) is 2.55. The van der Waals surface area contributed by atoms with Crippen LogP contribution < -0.4 is 0 Å². The third kappa shape index (κ3) is 5.56. The monoisotopic (exact) mass is 320 g/mol. The molecule has 1 heterocycles. The Morgan fingerprint density at radius 2 is 2.06 bits per heavy atom. The summed E-state index contributed by atoms with van der Waals surface area (Å²) in [5, 5.41) is 0. The predicted octanol–water partition coefficient (Wildman–Crippen LogP) is 4.60. The summed E-state index contributed by atoms with van der Waals surface area (Å²) in [6.07, 6.45) is -5.29. The Morgan fingerprint density at radius 3 is 2.56 bits per heavy atom. The van der Waals surface area contributed by atoms with E-state index in [-0.39, 0.29) is 29.5 Å². The molecule has 0 amide bonds. The van der Waals surface area contributed by atoms with Gasteiger partial charge in [-0.1, -0.05) is 23.2 Å². The quantitative estimate of drug-likeness (QED) is 0.565. The second kappa shape index (κ2) is 6.75. The largest absolute Gasteiger partial charge is 0.389 e. The van der Waals surface area contributed by atoms with Crippen molar-refractivity contribution in [3.8, 4) is 0 Å². The molecule has 0 saturated heterocycles. The molecule has 0 aliphatic heterocycles. The third-order valence-corrected chi connectivity index (χ3v) is 3.43. The van der Waals surface area contributed by atoms with Crippen LogP contribution in [0.1, 0.15) is 23.2 Å². The number of carbonyl (C=O) groups is 1. The Balaban J connectivity index is 2.28. The zero-order chi connectivity index (χ0) is 13.8. The van der Waals surface area contributed by atoms with E-state index in [2.05, 4.69) is 0 Å². The van der Waals surface area contributed by atoms with Gasteiger partial charge in [0.2, 0.25) is 0 Å². The summed E-state index contributed by atoms with van der Waals surface area (Å²) in [4.78, 5) is 11.6. The molecule has 0 unspecified atom stereocenters. The summed E-state index contributed by atoms with van der Waals surface area (Å²) in [7, 11) is 0. The van der Waals surface area contributed by atoms with E-state index in [1.807, 2.05) is 0 Å². The lowest BCUT2D eigenvalue weighted by atomic mass is 10.2. The van der Waals surface area contributed by atoms with Gasteiger partial charge in [-0.2, -0.15) is 13.2 Å². The lowest BCUT2D eigenvalue weighted by Gasteiger charge is -2.06. The molecule has 8 heteroatoms. The van der Waals surface area contributed by atoms with Gasteiger partial charge in [-0.15, -0.1) is 11.3 Å². The van der Waals surface area contributed by atoms with Crippen LogP contribution in [0, 0.1) is 0 Å². The second-order valence-electron chi connectivity index (χ2n) is 3.43. The summed E-state index contributed by atoms with van der Waals surface area (Å²) >= 11 is 12.5. The molecule has 1 rings (SSSR count). The highest BCUT2D eigenvalue weighted by Crippen LogP contribution is 2.31. The van der Waals surface area contributed by atoms with E-state index >= 15 is 0 Å². The highest BCUT2D eigenvalue weighted by atomic mass is 35.5. The first-order chi connectivity index (χ1) is 8.29. The molecule has 0 atom stereocenters. The van der Waals surface area contributed by atoms with Gasteiger partial charge in [-0.3, -0.25) is 4.79 Å². The highest BCUT2D eigenvalue weighted by Gasteiger charge is 2.26. The van der Waals surface area contributed by atoms with Crippen LogP contribution in [0.15, 0.2) is 6.07 Å². The van der Waals surface area contributed by atoms with Crippen molar-refractivity contribution >= 4 is 40.3 Å². The average molecular weight is 321 g/mol. The smallest absolute Gasteiger partial charge is 0.373 e. The van der Waals surface area contributed by atoms with E-state index in [9.17, 15) is 18.0 Å². The Kier molecular flexibility index (Phi) is 5.91. The van der Waals surface area contributed by atoms with E-state index in [0.29, 0.717) is 4.34 Å². The van der Waals surface area contributed by atoms with Crippen LogP contribution in [-0.2, 0) is 4.74 Å². The molecular formula is C10H9Cl2F3O2S. The first-order valence-electron chi connectivity index (χ1n) is 4.92. The predicted molar refractivity (Wildman–Crippen MR) is 64.8 cm³/mol. The van der Waals surface area contributed by atoms with Gasteiger partial charge in [0.25, 0.3) is 0 Å². The molecule has 0 saturated carbocycles. The molecule has 18 heavy (non-hydrogen) atoms. The van der Waals surface area contributed by atoms with Crippen LogP contribution in [0.4, 0.5) is 13.2 Å². The van der Waals surface area contributed by atoms with Crippen molar-refractivity contribution < 1.29 is 22.7 Å². The topological polar surface area (TPSA) is 26.3 Å². The fourth-order valence-electron chi connectivity index (χ4n) is 1.15. The first-order valence-corrected chi connectivity index (χ1v) is 6.49. The molecule has 1 aromatic heterocycles. The number of carbonyl (C=O) groups excluding carboxylic acids is 1. The maximum absolute atomic E-state index is 11.8. The van der Waals surface area contributed by atoms with Crippen LogP contribution in [0.25, 0.3) is 0 Å². The molecule has 0 aliphatic rings. The number of thiophene rings is 1. The van der Waals surface area contributed by atoms with Gasteiger partial charge >= 0.3 is 6.18 Å². The molecule has 0 fully saturated rings. The number of hydrogen-bond acceptors (Lipinski definition) is 3. The van der Waals surface area contributed by atoms with Gasteiger partial charge in [0.1, 0.15) is 10.9 Å². The zero-order valence-electron chi connectivity index (χ0n) is 9.02. The normalized spacial score (nSPS) is 11.8. The van der Waals surface area contributed by atoms with Crippen molar-refractivity contribution in [2.45, 2.75) is 19.0 Å². The molecule has 0 N–H and O–H groups in total. The van der Waals surface area contributed by atoms with Crippen molar-refractivity contribution in [3.05, 3.63) is 20.3 Å².